The van der Waals surface area contributed by atoms with Gasteiger partial charge in [0.15, 0.2) is 5.82 Å². The van der Waals surface area contributed by atoms with E-state index in [1.54, 1.807) is 18.3 Å². The SMILES string of the molecule is CCCOC(=O)N/C=C1\CCN(c2nc(-c3ccccc3O)nc3cc(C)ccc23)C1. The largest absolute Gasteiger partial charge is 0.507 e. The van der Waals surface area contributed by atoms with Gasteiger partial charge in [-0.15, -0.1) is 0 Å². The highest BCUT2D eigenvalue weighted by Crippen LogP contribution is 2.33. The predicted octanol–water partition coefficient (Wildman–Crippen LogP) is 4.54. The van der Waals surface area contributed by atoms with Crippen LogP contribution in [0.25, 0.3) is 22.3 Å². The minimum absolute atomic E-state index is 0.150. The molecule has 7 nitrogen and oxygen atoms in total. The summed E-state index contributed by atoms with van der Waals surface area (Å²) in [6.07, 6.45) is 2.90. The summed E-state index contributed by atoms with van der Waals surface area (Å²) in [4.78, 5) is 23.4. The first kappa shape index (κ1) is 20.7. The van der Waals surface area contributed by atoms with E-state index in [4.69, 9.17) is 14.7 Å². The number of carbonyl (C=O) groups excluding carboxylic acids is 1. The second-order valence-electron chi connectivity index (χ2n) is 7.66. The van der Waals surface area contributed by atoms with Gasteiger partial charge in [-0.25, -0.2) is 14.8 Å². The van der Waals surface area contributed by atoms with Crippen LogP contribution in [0.3, 0.4) is 0 Å². The van der Waals surface area contributed by atoms with Gasteiger partial charge in [0, 0.05) is 24.7 Å². The molecule has 1 aliphatic rings. The number of amides is 1. The molecule has 2 heterocycles. The number of aromatic hydroxyl groups is 1. The maximum Gasteiger partial charge on any atom is 0.411 e. The average molecular weight is 418 g/mol. The number of nitrogens with one attached hydrogen (secondary N) is 1. The van der Waals surface area contributed by atoms with E-state index >= 15 is 0 Å². The number of nitrogens with zero attached hydrogens (tertiary/aromatic N) is 3. The third-order valence-electron chi connectivity index (χ3n) is 5.20. The fourth-order valence-corrected chi connectivity index (χ4v) is 3.62. The summed E-state index contributed by atoms with van der Waals surface area (Å²) < 4.78 is 5.05. The van der Waals surface area contributed by atoms with Crippen molar-refractivity contribution in [3.63, 3.8) is 0 Å². The molecular formula is C24H26N4O3. The van der Waals surface area contributed by atoms with Crippen LogP contribution in [-0.2, 0) is 4.74 Å². The molecule has 1 amide bonds. The number of alkyl carbamates (subject to hydrolysis) is 1. The number of hydrogen-bond acceptors (Lipinski definition) is 6. The molecule has 0 radical (unpaired) electrons. The molecule has 1 aliphatic heterocycles. The van der Waals surface area contributed by atoms with Gasteiger partial charge in [0.2, 0.25) is 0 Å². The molecule has 3 aromatic rings. The summed E-state index contributed by atoms with van der Waals surface area (Å²) in [6.45, 7) is 5.81. The Kier molecular flexibility index (Phi) is 6.02. The summed E-state index contributed by atoms with van der Waals surface area (Å²) in [6, 6.07) is 13.2. The number of ether oxygens (including phenoxy) is 1. The molecule has 0 unspecified atom stereocenters. The van der Waals surface area contributed by atoms with Crippen molar-refractivity contribution in [1.29, 1.82) is 0 Å². The van der Waals surface area contributed by atoms with E-state index in [1.807, 2.05) is 44.2 Å². The molecule has 160 valence electrons. The number of phenolic OH excluding ortho intramolecular Hbond substituents is 1. The van der Waals surface area contributed by atoms with E-state index in [0.29, 0.717) is 24.5 Å². The molecule has 0 spiro atoms. The van der Waals surface area contributed by atoms with Crippen molar-refractivity contribution in [1.82, 2.24) is 15.3 Å². The summed E-state index contributed by atoms with van der Waals surface area (Å²) in [7, 11) is 0. The van der Waals surface area contributed by atoms with E-state index in [-0.39, 0.29) is 5.75 Å². The van der Waals surface area contributed by atoms with Crippen molar-refractivity contribution >= 4 is 22.8 Å². The Bertz CT molecular complexity index is 1140. The summed E-state index contributed by atoms with van der Waals surface area (Å²) >= 11 is 0. The second-order valence-corrected chi connectivity index (χ2v) is 7.66. The number of aryl methyl sites for hydroxylation is 1. The minimum atomic E-state index is -0.433. The van der Waals surface area contributed by atoms with Crippen LogP contribution in [0, 0.1) is 6.92 Å². The predicted molar refractivity (Wildman–Crippen MR) is 121 cm³/mol. The molecule has 7 heteroatoms. The van der Waals surface area contributed by atoms with Gasteiger partial charge in [0.25, 0.3) is 0 Å². The molecule has 0 atom stereocenters. The Morgan fingerprint density at radius 1 is 1.26 bits per heavy atom. The Labute approximate surface area is 181 Å². The van der Waals surface area contributed by atoms with Crippen LogP contribution in [0.1, 0.15) is 25.3 Å². The van der Waals surface area contributed by atoms with E-state index in [1.165, 1.54) is 0 Å². The number of phenols is 1. The third-order valence-corrected chi connectivity index (χ3v) is 5.20. The van der Waals surface area contributed by atoms with Gasteiger partial charge in [-0.1, -0.05) is 25.1 Å². The molecule has 0 saturated carbocycles. The number of benzene rings is 2. The summed E-state index contributed by atoms with van der Waals surface area (Å²) in [5.74, 6) is 1.46. The molecular weight excluding hydrogens is 392 g/mol. The fourth-order valence-electron chi connectivity index (χ4n) is 3.62. The van der Waals surface area contributed by atoms with Crippen molar-refractivity contribution in [2.24, 2.45) is 0 Å². The Morgan fingerprint density at radius 3 is 2.90 bits per heavy atom. The Balaban J connectivity index is 1.66. The van der Waals surface area contributed by atoms with E-state index < -0.39 is 6.09 Å². The molecule has 1 aromatic heterocycles. The molecule has 2 aromatic carbocycles. The Hall–Kier alpha value is -3.61. The van der Waals surface area contributed by atoms with Crippen molar-refractivity contribution in [3.8, 4) is 17.1 Å². The quantitative estimate of drug-likeness (QED) is 0.632. The summed E-state index contributed by atoms with van der Waals surface area (Å²) in [5, 5.41) is 14.0. The molecule has 4 rings (SSSR count). The van der Waals surface area contributed by atoms with Crippen LogP contribution in [0.5, 0.6) is 5.75 Å². The van der Waals surface area contributed by atoms with Gasteiger partial charge in [-0.3, -0.25) is 5.32 Å². The van der Waals surface area contributed by atoms with Gasteiger partial charge >= 0.3 is 6.09 Å². The molecule has 2 N–H and O–H groups in total. The van der Waals surface area contributed by atoms with Crippen LogP contribution >= 0.6 is 0 Å². The smallest absolute Gasteiger partial charge is 0.411 e. The molecule has 0 aliphatic carbocycles. The van der Waals surface area contributed by atoms with Crippen molar-refractivity contribution in [2.75, 3.05) is 24.6 Å². The lowest BCUT2D eigenvalue weighted by molar-refractivity contribution is 0.150. The number of carbonyl (C=O) groups is 1. The maximum absolute atomic E-state index is 11.7. The standard InChI is InChI=1S/C24H26N4O3/c1-3-12-31-24(30)25-14-17-10-11-28(15-17)23-18-9-8-16(2)13-20(18)26-22(27-23)19-6-4-5-7-21(19)29/h4-9,13-14,29H,3,10-12,15H2,1-2H3,(H,25,30)/b17-14+. The van der Waals surface area contributed by atoms with Gasteiger partial charge in [0.05, 0.1) is 17.7 Å². The van der Waals surface area contributed by atoms with E-state index in [0.717, 1.165) is 47.2 Å². The zero-order chi connectivity index (χ0) is 21.8. The zero-order valence-electron chi connectivity index (χ0n) is 17.8. The lowest BCUT2D eigenvalue weighted by Crippen LogP contribution is -2.22. The summed E-state index contributed by atoms with van der Waals surface area (Å²) in [5.41, 5.74) is 3.64. The van der Waals surface area contributed by atoms with Crippen LogP contribution in [-0.4, -0.2) is 40.9 Å². The Morgan fingerprint density at radius 2 is 2.10 bits per heavy atom. The maximum atomic E-state index is 11.7. The fraction of sp³-hybridized carbons (Fsp3) is 0.292. The van der Waals surface area contributed by atoms with Crippen molar-refractivity contribution in [3.05, 3.63) is 59.8 Å². The first-order valence-corrected chi connectivity index (χ1v) is 10.5. The van der Waals surface area contributed by atoms with Gasteiger partial charge in [-0.05, 0) is 55.2 Å². The van der Waals surface area contributed by atoms with Crippen LogP contribution in [0.2, 0.25) is 0 Å². The number of fused-ring (bicyclic) bond motifs is 1. The lowest BCUT2D eigenvalue weighted by Gasteiger charge is -2.19. The first-order valence-electron chi connectivity index (χ1n) is 10.5. The first-order chi connectivity index (χ1) is 15.0. The topological polar surface area (TPSA) is 87.6 Å². The number of rotatable bonds is 5. The minimum Gasteiger partial charge on any atom is -0.507 e. The molecule has 0 bridgehead atoms. The van der Waals surface area contributed by atoms with E-state index in [9.17, 15) is 9.90 Å². The van der Waals surface area contributed by atoms with Gasteiger partial charge in [0.1, 0.15) is 11.6 Å². The van der Waals surface area contributed by atoms with Crippen LogP contribution in [0.4, 0.5) is 10.6 Å². The third kappa shape index (κ3) is 4.60. The van der Waals surface area contributed by atoms with Crippen LogP contribution < -0.4 is 10.2 Å². The highest BCUT2D eigenvalue weighted by molar-refractivity contribution is 5.92. The molecule has 1 saturated heterocycles. The van der Waals surface area contributed by atoms with Gasteiger partial charge in [-0.2, -0.15) is 0 Å². The van der Waals surface area contributed by atoms with Crippen molar-refractivity contribution in [2.45, 2.75) is 26.7 Å². The number of hydrogen-bond donors (Lipinski definition) is 2. The number of aromatic nitrogens is 2. The number of para-hydroxylation sites is 1. The zero-order valence-corrected chi connectivity index (χ0v) is 17.8. The van der Waals surface area contributed by atoms with Gasteiger partial charge < -0.3 is 14.7 Å². The molecule has 1 fully saturated rings. The highest BCUT2D eigenvalue weighted by atomic mass is 16.5. The second kappa shape index (κ2) is 9.04. The normalized spacial score (nSPS) is 14.9. The highest BCUT2D eigenvalue weighted by Gasteiger charge is 2.22. The average Bonchev–Trinajstić information content (AvgIpc) is 3.24. The lowest BCUT2D eigenvalue weighted by atomic mass is 10.1. The molecule has 31 heavy (non-hydrogen) atoms. The van der Waals surface area contributed by atoms with Crippen molar-refractivity contribution < 1.29 is 14.6 Å². The van der Waals surface area contributed by atoms with E-state index in [2.05, 4.69) is 10.2 Å². The number of anilines is 1. The monoisotopic (exact) mass is 418 g/mol. The van der Waals surface area contributed by atoms with Crippen LogP contribution in [0.15, 0.2) is 54.2 Å².